The molecule has 7 heteroatoms. The molecule has 1 N–H and O–H groups in total. The number of aromatic nitrogens is 5. The second-order valence-corrected chi connectivity index (χ2v) is 6.54. The maximum atomic E-state index is 12.1. The quantitative estimate of drug-likeness (QED) is 0.605. The first-order valence-electron chi connectivity index (χ1n) is 8.67. The SMILES string of the molecule is Cc1cc(NCc2ccc3c(c2)n(C)c(=O)n3C)nc(-c2cccnc2)n1. The van der Waals surface area contributed by atoms with Crippen LogP contribution in [0.4, 0.5) is 5.82 Å². The molecule has 0 aliphatic carbocycles. The average molecular weight is 360 g/mol. The van der Waals surface area contributed by atoms with E-state index in [1.54, 1.807) is 35.6 Å². The van der Waals surface area contributed by atoms with Gasteiger partial charge in [0.05, 0.1) is 11.0 Å². The van der Waals surface area contributed by atoms with Gasteiger partial charge in [0, 0.05) is 50.4 Å². The number of nitrogens with zero attached hydrogens (tertiary/aromatic N) is 5. The molecule has 3 heterocycles. The van der Waals surface area contributed by atoms with Crippen LogP contribution in [0.15, 0.2) is 53.6 Å². The fourth-order valence-corrected chi connectivity index (χ4v) is 3.14. The Kier molecular flexibility index (Phi) is 4.19. The minimum Gasteiger partial charge on any atom is -0.366 e. The number of hydrogen-bond donors (Lipinski definition) is 1. The maximum Gasteiger partial charge on any atom is 0.328 e. The van der Waals surface area contributed by atoms with Crippen LogP contribution < -0.4 is 11.0 Å². The topological polar surface area (TPSA) is 77.6 Å². The lowest BCUT2D eigenvalue weighted by molar-refractivity contribution is 0.795. The van der Waals surface area contributed by atoms with Crippen molar-refractivity contribution in [1.82, 2.24) is 24.1 Å². The summed E-state index contributed by atoms with van der Waals surface area (Å²) in [6, 6.07) is 11.7. The van der Waals surface area contributed by atoms with Gasteiger partial charge < -0.3 is 5.32 Å². The second-order valence-electron chi connectivity index (χ2n) is 6.54. The van der Waals surface area contributed by atoms with Crippen molar-refractivity contribution in [2.24, 2.45) is 14.1 Å². The number of rotatable bonds is 4. The molecule has 0 unspecified atom stereocenters. The summed E-state index contributed by atoms with van der Waals surface area (Å²) in [5.74, 6) is 1.40. The molecule has 0 aliphatic rings. The van der Waals surface area contributed by atoms with E-state index in [0.29, 0.717) is 12.4 Å². The number of hydrogen-bond acceptors (Lipinski definition) is 5. The van der Waals surface area contributed by atoms with Crippen LogP contribution in [0.2, 0.25) is 0 Å². The molecule has 0 fully saturated rings. The minimum atomic E-state index is -0.0253. The van der Waals surface area contributed by atoms with Crippen molar-refractivity contribution >= 4 is 16.9 Å². The third-order valence-corrected chi connectivity index (χ3v) is 4.58. The van der Waals surface area contributed by atoms with Gasteiger partial charge >= 0.3 is 5.69 Å². The van der Waals surface area contributed by atoms with Crippen LogP contribution in [0.3, 0.4) is 0 Å². The van der Waals surface area contributed by atoms with E-state index in [2.05, 4.69) is 20.3 Å². The first-order valence-corrected chi connectivity index (χ1v) is 8.67. The van der Waals surface area contributed by atoms with E-state index in [0.717, 1.165) is 33.7 Å². The summed E-state index contributed by atoms with van der Waals surface area (Å²) < 4.78 is 3.31. The maximum absolute atomic E-state index is 12.1. The molecule has 4 aromatic rings. The zero-order chi connectivity index (χ0) is 19.0. The molecule has 0 aliphatic heterocycles. The van der Waals surface area contributed by atoms with Gasteiger partial charge in [0.1, 0.15) is 5.82 Å². The molecule has 136 valence electrons. The Bertz CT molecular complexity index is 1180. The highest BCUT2D eigenvalue weighted by Gasteiger charge is 2.09. The third-order valence-electron chi connectivity index (χ3n) is 4.58. The fraction of sp³-hybridized carbons (Fsp3) is 0.200. The molecule has 0 atom stereocenters. The van der Waals surface area contributed by atoms with E-state index in [-0.39, 0.29) is 5.69 Å². The first-order chi connectivity index (χ1) is 13.0. The van der Waals surface area contributed by atoms with Crippen molar-refractivity contribution in [3.63, 3.8) is 0 Å². The zero-order valence-electron chi connectivity index (χ0n) is 15.5. The Hall–Kier alpha value is -3.48. The summed E-state index contributed by atoms with van der Waals surface area (Å²) in [7, 11) is 3.57. The van der Waals surface area contributed by atoms with Gasteiger partial charge in [-0.2, -0.15) is 0 Å². The molecule has 3 aromatic heterocycles. The van der Waals surface area contributed by atoms with Crippen LogP contribution in [0.25, 0.3) is 22.4 Å². The lowest BCUT2D eigenvalue weighted by Gasteiger charge is -2.09. The predicted octanol–water partition coefficient (Wildman–Crippen LogP) is 2.65. The number of pyridine rings is 1. The monoisotopic (exact) mass is 360 g/mol. The third kappa shape index (κ3) is 3.19. The molecule has 0 spiro atoms. The Labute approximate surface area is 156 Å². The van der Waals surface area contributed by atoms with Crippen molar-refractivity contribution in [2.45, 2.75) is 13.5 Å². The lowest BCUT2D eigenvalue weighted by atomic mass is 10.2. The summed E-state index contributed by atoms with van der Waals surface area (Å²) in [6.45, 7) is 2.54. The highest BCUT2D eigenvalue weighted by molar-refractivity contribution is 5.77. The van der Waals surface area contributed by atoms with Crippen LogP contribution in [0, 0.1) is 6.92 Å². The first kappa shape index (κ1) is 17.0. The second kappa shape index (κ2) is 6.68. The number of aryl methyl sites for hydroxylation is 3. The summed E-state index contributed by atoms with van der Waals surface area (Å²) in [5.41, 5.74) is 4.64. The zero-order valence-corrected chi connectivity index (χ0v) is 15.5. The van der Waals surface area contributed by atoms with Gasteiger partial charge in [0.15, 0.2) is 5.82 Å². The number of imidazole rings is 1. The van der Waals surface area contributed by atoms with E-state index in [1.165, 1.54) is 0 Å². The standard InChI is InChI=1S/C20H20N6O/c1-13-9-18(24-19(23-13)15-5-4-8-21-12-15)22-11-14-6-7-16-17(10-14)26(3)20(27)25(16)2/h4-10,12H,11H2,1-3H3,(H,22,23,24). The van der Waals surface area contributed by atoms with Crippen molar-refractivity contribution in [3.8, 4) is 11.4 Å². The average Bonchev–Trinajstić information content (AvgIpc) is 2.90. The van der Waals surface area contributed by atoms with Gasteiger partial charge in [0.25, 0.3) is 0 Å². The summed E-state index contributed by atoms with van der Waals surface area (Å²) >= 11 is 0. The molecule has 0 saturated carbocycles. The van der Waals surface area contributed by atoms with E-state index in [9.17, 15) is 4.79 Å². The van der Waals surface area contributed by atoms with Crippen LogP contribution in [-0.4, -0.2) is 24.1 Å². The number of benzene rings is 1. The molecule has 1 aromatic carbocycles. The number of fused-ring (bicyclic) bond motifs is 1. The van der Waals surface area contributed by atoms with Crippen LogP contribution >= 0.6 is 0 Å². The number of anilines is 1. The Morgan fingerprint density at radius 3 is 2.63 bits per heavy atom. The highest BCUT2D eigenvalue weighted by Crippen LogP contribution is 2.18. The number of nitrogens with one attached hydrogen (secondary N) is 1. The molecular weight excluding hydrogens is 340 g/mol. The molecule has 0 saturated heterocycles. The van der Waals surface area contributed by atoms with Crippen molar-refractivity contribution in [1.29, 1.82) is 0 Å². The van der Waals surface area contributed by atoms with Crippen LogP contribution in [0.1, 0.15) is 11.3 Å². The fourth-order valence-electron chi connectivity index (χ4n) is 3.14. The van der Waals surface area contributed by atoms with E-state index >= 15 is 0 Å². The smallest absolute Gasteiger partial charge is 0.328 e. The molecule has 0 amide bonds. The van der Waals surface area contributed by atoms with Crippen molar-refractivity contribution in [3.05, 3.63) is 70.5 Å². The highest BCUT2D eigenvalue weighted by atomic mass is 16.1. The van der Waals surface area contributed by atoms with Gasteiger partial charge in [-0.15, -0.1) is 0 Å². The molecule has 7 nitrogen and oxygen atoms in total. The van der Waals surface area contributed by atoms with Crippen molar-refractivity contribution < 1.29 is 0 Å². The van der Waals surface area contributed by atoms with Gasteiger partial charge in [0.2, 0.25) is 0 Å². The Morgan fingerprint density at radius 1 is 1.04 bits per heavy atom. The van der Waals surface area contributed by atoms with E-state index in [4.69, 9.17) is 0 Å². The molecule has 27 heavy (non-hydrogen) atoms. The van der Waals surface area contributed by atoms with Gasteiger partial charge in [-0.3, -0.25) is 14.1 Å². The van der Waals surface area contributed by atoms with Crippen LogP contribution in [-0.2, 0) is 20.6 Å². The molecule has 0 bridgehead atoms. The van der Waals surface area contributed by atoms with E-state index in [1.807, 2.05) is 43.3 Å². The molecule has 4 rings (SSSR count). The van der Waals surface area contributed by atoms with Crippen molar-refractivity contribution in [2.75, 3.05) is 5.32 Å². The summed E-state index contributed by atoms with van der Waals surface area (Å²) in [4.78, 5) is 25.3. The summed E-state index contributed by atoms with van der Waals surface area (Å²) in [5, 5.41) is 3.35. The van der Waals surface area contributed by atoms with Crippen LogP contribution in [0.5, 0.6) is 0 Å². The normalized spacial score (nSPS) is 11.1. The minimum absolute atomic E-state index is 0.0253. The lowest BCUT2D eigenvalue weighted by Crippen LogP contribution is -2.19. The largest absolute Gasteiger partial charge is 0.366 e. The Balaban J connectivity index is 1.60. The predicted molar refractivity (Wildman–Crippen MR) is 105 cm³/mol. The van der Waals surface area contributed by atoms with E-state index < -0.39 is 0 Å². The molecule has 0 radical (unpaired) electrons. The van der Waals surface area contributed by atoms with Gasteiger partial charge in [-0.05, 0) is 36.8 Å². The summed E-state index contributed by atoms with van der Waals surface area (Å²) in [6.07, 6.45) is 3.48. The molecular formula is C20H20N6O. The van der Waals surface area contributed by atoms with Gasteiger partial charge in [-0.25, -0.2) is 14.8 Å². The van der Waals surface area contributed by atoms with Gasteiger partial charge in [-0.1, -0.05) is 6.07 Å². The Morgan fingerprint density at radius 2 is 1.85 bits per heavy atom.